The van der Waals surface area contributed by atoms with Crippen LogP contribution in [0, 0.1) is 0 Å². The highest BCUT2D eigenvalue weighted by atomic mass is 32.3. The van der Waals surface area contributed by atoms with Gasteiger partial charge in [-0.05, 0) is 83.5 Å². The van der Waals surface area contributed by atoms with Gasteiger partial charge in [-0.3, -0.25) is 9.35 Å². The first kappa shape index (κ1) is 65.6. The van der Waals surface area contributed by atoms with E-state index >= 15 is 0 Å². The summed E-state index contributed by atoms with van der Waals surface area (Å²) in [4.78, 5) is 12.9. The zero-order valence-corrected chi connectivity index (χ0v) is 44.6. The highest BCUT2D eigenvalue weighted by molar-refractivity contribution is 7.80. The molecule has 1 heterocycles. The number of aliphatic hydroxyl groups is 3. The van der Waals surface area contributed by atoms with Gasteiger partial charge in [0.15, 0.2) is 6.29 Å². The SMILES string of the molecule is CC/C=C\C/C=C\C/C=C\C/C=C\CCCCCCCOCC(COC1OC(CO)C(O)C(OS(=O)(=O)O)C1O)OC(=O)CCCCCCCCCCCCCCC/C=C\C/C=C\CCCCCCC. The summed E-state index contributed by atoms with van der Waals surface area (Å²) in [7, 11) is -5.07. The predicted octanol–water partition coefficient (Wildman–Crippen LogP) is 13.4. The molecule has 0 aromatic rings. The summed E-state index contributed by atoms with van der Waals surface area (Å²) in [5, 5.41) is 30.8. The Morgan fingerprint density at radius 1 is 0.557 bits per heavy atom. The molecule has 0 radical (unpaired) electrons. The lowest BCUT2D eigenvalue weighted by Gasteiger charge is -2.41. The molecule has 406 valence electrons. The van der Waals surface area contributed by atoms with Gasteiger partial charge in [0.25, 0.3) is 0 Å². The number of rotatable bonds is 48. The predicted molar refractivity (Wildman–Crippen MR) is 285 cm³/mol. The third-order valence-corrected chi connectivity index (χ3v) is 12.8. The van der Waals surface area contributed by atoms with Crippen LogP contribution in [0.5, 0.6) is 0 Å². The van der Waals surface area contributed by atoms with E-state index in [1.54, 1.807) is 0 Å². The minimum Gasteiger partial charge on any atom is -0.457 e. The van der Waals surface area contributed by atoms with Gasteiger partial charge < -0.3 is 34.3 Å². The standard InChI is InChI=1S/C57H100O12S/c1-3-5-7-9-11-13-15-17-19-21-23-24-25-26-27-28-29-30-32-34-36-38-40-42-44-46-53(59)67-51(50-66-57-55(61)56(69-70(62,63)64)54(60)52(48-58)68-57)49-65-47-45-43-41-39-37-35-33-31-22-20-18-16-14-12-10-8-6-4-2/h6,8,12,14-15,17-18,20-21,23,31,33,51-52,54-58,60-61H,3-5,7,9-11,13,16,19,22,24-30,32,34-50H2,1-2H3,(H,62,63,64)/b8-6-,14-12-,17-15-,20-18-,23-21-,33-31-. The van der Waals surface area contributed by atoms with Gasteiger partial charge in [0.05, 0.1) is 19.8 Å². The van der Waals surface area contributed by atoms with Crippen LogP contribution in [0.3, 0.4) is 0 Å². The molecule has 0 saturated carbocycles. The molecule has 1 aliphatic heterocycles. The van der Waals surface area contributed by atoms with Crippen LogP contribution in [0.4, 0.5) is 0 Å². The minimum atomic E-state index is -5.07. The third-order valence-electron chi connectivity index (χ3n) is 12.3. The number of allylic oxidation sites excluding steroid dienone is 12. The first-order chi connectivity index (χ1) is 34.1. The van der Waals surface area contributed by atoms with Crippen molar-refractivity contribution in [2.75, 3.05) is 26.4 Å². The summed E-state index contributed by atoms with van der Waals surface area (Å²) in [6.45, 7) is 3.84. The Bertz CT molecular complexity index is 1490. The average Bonchev–Trinajstić information content (AvgIpc) is 3.34. The van der Waals surface area contributed by atoms with Crippen molar-refractivity contribution in [3.63, 3.8) is 0 Å². The van der Waals surface area contributed by atoms with Gasteiger partial charge in [-0.15, -0.1) is 0 Å². The Morgan fingerprint density at radius 2 is 0.986 bits per heavy atom. The summed E-state index contributed by atoms with van der Waals surface area (Å²) in [5.41, 5.74) is 0. The second kappa shape index (κ2) is 47.5. The first-order valence-electron chi connectivity index (χ1n) is 27.7. The summed E-state index contributed by atoms with van der Waals surface area (Å²) in [6, 6.07) is 0. The lowest BCUT2D eigenvalue weighted by molar-refractivity contribution is -0.301. The van der Waals surface area contributed by atoms with E-state index in [1.807, 2.05) is 0 Å². The molecule has 12 nitrogen and oxygen atoms in total. The van der Waals surface area contributed by atoms with E-state index in [0.717, 1.165) is 89.9 Å². The fourth-order valence-corrected chi connectivity index (χ4v) is 8.67. The highest BCUT2D eigenvalue weighted by Crippen LogP contribution is 2.26. The number of hydrogen-bond acceptors (Lipinski definition) is 11. The lowest BCUT2D eigenvalue weighted by Crippen LogP contribution is -2.60. The van der Waals surface area contributed by atoms with Crippen LogP contribution in [0.25, 0.3) is 0 Å². The monoisotopic (exact) mass is 1010 g/mol. The largest absolute Gasteiger partial charge is 0.457 e. The van der Waals surface area contributed by atoms with Crippen molar-refractivity contribution in [1.29, 1.82) is 0 Å². The molecule has 0 amide bonds. The van der Waals surface area contributed by atoms with Crippen LogP contribution in [0.1, 0.15) is 219 Å². The molecule has 13 heteroatoms. The van der Waals surface area contributed by atoms with E-state index in [-0.39, 0.29) is 19.6 Å². The van der Waals surface area contributed by atoms with Crippen molar-refractivity contribution in [3.05, 3.63) is 72.9 Å². The van der Waals surface area contributed by atoms with Gasteiger partial charge in [0.1, 0.15) is 30.5 Å². The van der Waals surface area contributed by atoms with E-state index in [9.17, 15) is 33.1 Å². The van der Waals surface area contributed by atoms with Gasteiger partial charge >= 0.3 is 16.4 Å². The molecule has 6 unspecified atom stereocenters. The number of hydrogen-bond donors (Lipinski definition) is 4. The van der Waals surface area contributed by atoms with Crippen LogP contribution < -0.4 is 0 Å². The number of ether oxygens (including phenoxy) is 4. The molecule has 1 saturated heterocycles. The molecule has 6 atom stereocenters. The third kappa shape index (κ3) is 40.1. The van der Waals surface area contributed by atoms with Crippen LogP contribution in [0.2, 0.25) is 0 Å². The maximum Gasteiger partial charge on any atom is 0.397 e. The normalized spacial score (nSPS) is 19.7. The van der Waals surface area contributed by atoms with Gasteiger partial charge in [-0.2, -0.15) is 8.42 Å². The van der Waals surface area contributed by atoms with Gasteiger partial charge in [-0.1, -0.05) is 202 Å². The fourth-order valence-electron chi connectivity index (χ4n) is 8.17. The van der Waals surface area contributed by atoms with Crippen molar-refractivity contribution in [3.8, 4) is 0 Å². The molecule has 1 rings (SSSR count). The fraction of sp³-hybridized carbons (Fsp3) is 0.772. The number of carbonyl (C=O) groups is 1. The molecule has 0 aliphatic carbocycles. The zero-order valence-electron chi connectivity index (χ0n) is 43.8. The topological polar surface area (TPSA) is 178 Å². The van der Waals surface area contributed by atoms with Crippen molar-refractivity contribution in [2.45, 2.75) is 256 Å². The van der Waals surface area contributed by atoms with Crippen molar-refractivity contribution in [1.82, 2.24) is 0 Å². The second-order valence-corrected chi connectivity index (χ2v) is 19.8. The van der Waals surface area contributed by atoms with E-state index in [1.165, 1.54) is 103 Å². The van der Waals surface area contributed by atoms with Crippen molar-refractivity contribution >= 4 is 16.4 Å². The Hall–Kier alpha value is -2.46. The second-order valence-electron chi connectivity index (χ2n) is 18.8. The average molecular weight is 1010 g/mol. The molecule has 1 aliphatic rings. The summed E-state index contributed by atoms with van der Waals surface area (Å²) < 4.78 is 59.3. The summed E-state index contributed by atoms with van der Waals surface area (Å²) >= 11 is 0. The van der Waals surface area contributed by atoms with E-state index in [2.05, 4.69) is 90.9 Å². The number of carbonyl (C=O) groups excluding carboxylic acids is 1. The summed E-state index contributed by atoms with van der Waals surface area (Å²) in [6.07, 6.45) is 53.6. The van der Waals surface area contributed by atoms with Crippen LogP contribution in [-0.2, 0) is 38.3 Å². The Kier molecular flexibility index (Phi) is 44.5. The van der Waals surface area contributed by atoms with E-state index in [4.69, 9.17) is 18.9 Å². The first-order valence-corrected chi connectivity index (χ1v) is 29.1. The van der Waals surface area contributed by atoms with E-state index in [0.29, 0.717) is 13.0 Å². The van der Waals surface area contributed by atoms with Crippen molar-refractivity contribution < 1.29 is 56.2 Å². The van der Waals surface area contributed by atoms with Crippen LogP contribution in [0.15, 0.2) is 72.9 Å². The maximum absolute atomic E-state index is 12.9. The van der Waals surface area contributed by atoms with Crippen LogP contribution >= 0.6 is 0 Å². The number of esters is 1. The molecule has 1 fully saturated rings. The van der Waals surface area contributed by atoms with E-state index < -0.39 is 59.8 Å². The van der Waals surface area contributed by atoms with Gasteiger partial charge in [0, 0.05) is 13.0 Å². The molecule has 70 heavy (non-hydrogen) atoms. The molecular weight excluding hydrogens is 909 g/mol. The Labute approximate surface area is 426 Å². The molecule has 0 spiro atoms. The van der Waals surface area contributed by atoms with Gasteiger partial charge in [0.2, 0.25) is 0 Å². The van der Waals surface area contributed by atoms with Crippen molar-refractivity contribution in [2.24, 2.45) is 0 Å². The minimum absolute atomic E-state index is 0.0205. The quantitative estimate of drug-likeness (QED) is 0.0197. The molecular formula is C57H100O12S. The maximum atomic E-state index is 12.9. The summed E-state index contributed by atoms with van der Waals surface area (Å²) in [5.74, 6) is -0.408. The molecule has 0 bridgehead atoms. The lowest BCUT2D eigenvalue weighted by atomic mass is 9.99. The molecule has 0 aromatic carbocycles. The Morgan fingerprint density at radius 3 is 1.44 bits per heavy atom. The number of aliphatic hydroxyl groups excluding tert-OH is 3. The smallest absolute Gasteiger partial charge is 0.397 e. The molecule has 4 N–H and O–H groups in total. The zero-order chi connectivity index (χ0) is 51.0. The Balaban J connectivity index is 2.32. The van der Waals surface area contributed by atoms with Crippen LogP contribution in [-0.4, -0.2) is 97.5 Å². The highest BCUT2D eigenvalue weighted by Gasteiger charge is 2.48. The number of unbranched alkanes of at least 4 members (excludes halogenated alkanes) is 23. The van der Waals surface area contributed by atoms with Gasteiger partial charge in [-0.25, -0.2) is 4.18 Å². The molecule has 0 aromatic heterocycles.